The lowest BCUT2D eigenvalue weighted by molar-refractivity contribution is -0.551. The summed E-state index contributed by atoms with van der Waals surface area (Å²) in [5.41, 5.74) is 8.07. The molecule has 3 aromatic rings. The van der Waals surface area contributed by atoms with Gasteiger partial charge in [0.15, 0.2) is 0 Å². The maximum absolute atomic E-state index is 10.8. The maximum Gasteiger partial charge on any atom is 0.278 e. The largest absolute Gasteiger partial charge is 0.748 e. The SMILES string of the molecule is CCN1/C(=C/C2=CC3=C/C(=C/c4sc5ccc(SC)cc5[n+]4C#CSOCCCS(=O)(=O)[O-])CCC3CC2)Sc2cc3c(cc21)SCC3. The van der Waals surface area contributed by atoms with Crippen molar-refractivity contribution in [3.05, 3.63) is 80.9 Å². The minimum Gasteiger partial charge on any atom is -0.748 e. The lowest BCUT2D eigenvalue weighted by Gasteiger charge is -2.28. The molecule has 2 aliphatic heterocycles. The van der Waals surface area contributed by atoms with Crippen molar-refractivity contribution in [1.82, 2.24) is 0 Å². The van der Waals surface area contributed by atoms with Crippen LogP contribution in [-0.2, 0) is 20.7 Å². The summed E-state index contributed by atoms with van der Waals surface area (Å²) >= 11 is 8.31. The van der Waals surface area contributed by atoms with Crippen LogP contribution >= 0.6 is 58.7 Å². The van der Waals surface area contributed by atoms with Crippen LogP contribution in [0.1, 0.15) is 49.6 Å². The van der Waals surface area contributed by atoms with Crippen LogP contribution in [0.25, 0.3) is 16.3 Å². The fourth-order valence-electron chi connectivity index (χ4n) is 6.56. The van der Waals surface area contributed by atoms with Gasteiger partial charge in [-0.25, -0.2) is 8.42 Å². The first-order valence-electron chi connectivity index (χ1n) is 16.1. The van der Waals surface area contributed by atoms with Gasteiger partial charge in [0.2, 0.25) is 11.6 Å². The van der Waals surface area contributed by atoms with E-state index < -0.39 is 15.9 Å². The van der Waals surface area contributed by atoms with E-state index in [2.05, 4.69) is 84.0 Å². The number of allylic oxidation sites excluding steroid dienone is 6. The van der Waals surface area contributed by atoms with Crippen LogP contribution in [0.4, 0.5) is 5.69 Å². The standard InChI is InChI=1S/C36H36N2O4S6/c1-3-37-31-23-33-27(11-14-44-33)21-34(31)47-35(37)19-24-5-7-26-8-6-25(18-28(26)17-24)20-36-38(12-15-45-42-13-4-16-48(39,40)41)30-22-29(43-2)9-10-32(30)46-36/h9-10,17-23,26H,3-8,11,13-14,16H2,1-2H3. The Hall–Kier alpha value is -2.08. The molecule has 250 valence electrons. The number of aromatic nitrogens is 1. The van der Waals surface area contributed by atoms with Crippen LogP contribution in [0.2, 0.25) is 0 Å². The second kappa shape index (κ2) is 15.0. The van der Waals surface area contributed by atoms with Crippen molar-refractivity contribution in [3.8, 4) is 11.3 Å². The molecule has 0 bridgehead atoms. The number of hydrogen-bond acceptors (Lipinski definition) is 10. The number of hydrogen-bond donors (Lipinski definition) is 0. The van der Waals surface area contributed by atoms with Crippen LogP contribution in [0.3, 0.4) is 0 Å². The Morgan fingerprint density at radius 3 is 2.83 bits per heavy atom. The molecule has 2 aromatic carbocycles. The number of rotatable bonds is 9. The summed E-state index contributed by atoms with van der Waals surface area (Å²) in [5.74, 6) is 1.36. The number of aryl methyl sites for hydroxylation is 1. The van der Waals surface area contributed by atoms with E-state index in [-0.39, 0.29) is 13.0 Å². The van der Waals surface area contributed by atoms with Gasteiger partial charge in [-0.3, -0.25) is 0 Å². The molecule has 12 heteroatoms. The second-order valence-corrected chi connectivity index (χ2v) is 18.3. The van der Waals surface area contributed by atoms with Gasteiger partial charge in [0.05, 0.1) is 44.7 Å². The number of thiazole rings is 1. The topological polar surface area (TPSA) is 73.5 Å². The monoisotopic (exact) mass is 752 g/mol. The molecule has 7 rings (SSSR count). The molecule has 1 aromatic heterocycles. The number of nitrogens with zero attached hydrogens (tertiary/aromatic N) is 2. The van der Waals surface area contributed by atoms with E-state index in [0.717, 1.165) is 53.1 Å². The fourth-order valence-corrected chi connectivity index (χ4v) is 11.2. The minimum atomic E-state index is -4.24. The van der Waals surface area contributed by atoms with Crippen molar-refractivity contribution in [2.24, 2.45) is 5.92 Å². The molecular weight excluding hydrogens is 717 g/mol. The third-order valence-corrected chi connectivity index (χ3v) is 14.2. The molecule has 0 saturated carbocycles. The average Bonchev–Trinajstić information content (AvgIpc) is 3.76. The summed E-state index contributed by atoms with van der Waals surface area (Å²) in [6.07, 6.45) is 17.4. The Morgan fingerprint density at radius 1 is 1.12 bits per heavy atom. The number of anilines is 1. The molecule has 2 aliphatic carbocycles. The summed E-state index contributed by atoms with van der Waals surface area (Å²) in [6.45, 7) is 3.36. The number of benzene rings is 2. The molecule has 0 spiro atoms. The Morgan fingerprint density at radius 2 is 2.00 bits per heavy atom. The van der Waals surface area contributed by atoms with E-state index >= 15 is 0 Å². The van der Waals surface area contributed by atoms with E-state index in [4.69, 9.17) is 4.18 Å². The molecular formula is C36H36N2O4S6. The zero-order valence-corrected chi connectivity index (χ0v) is 31.7. The average molecular weight is 753 g/mol. The Kier molecular flexibility index (Phi) is 10.8. The lowest BCUT2D eigenvalue weighted by Crippen LogP contribution is -2.29. The second-order valence-electron chi connectivity index (χ2n) is 12.1. The molecule has 0 N–H and O–H groups in total. The van der Waals surface area contributed by atoms with Crippen LogP contribution < -0.4 is 9.47 Å². The highest BCUT2D eigenvalue weighted by molar-refractivity contribution is 8.03. The van der Waals surface area contributed by atoms with Crippen molar-refractivity contribution in [1.29, 1.82) is 0 Å². The molecule has 0 fully saturated rings. The van der Waals surface area contributed by atoms with E-state index in [0.29, 0.717) is 5.92 Å². The lowest BCUT2D eigenvalue weighted by atomic mass is 9.77. The Bertz CT molecular complexity index is 2050. The summed E-state index contributed by atoms with van der Waals surface area (Å²) in [6, 6.07) is 14.6. The first-order valence-corrected chi connectivity index (χ1v) is 22.3. The molecule has 3 heterocycles. The zero-order valence-electron chi connectivity index (χ0n) is 26.8. The van der Waals surface area contributed by atoms with Gasteiger partial charge in [-0.2, -0.15) is 0 Å². The van der Waals surface area contributed by atoms with E-state index in [1.54, 1.807) is 23.1 Å². The van der Waals surface area contributed by atoms with Crippen molar-refractivity contribution >= 4 is 90.8 Å². The molecule has 0 saturated heterocycles. The number of fused-ring (bicyclic) bond motifs is 4. The van der Waals surface area contributed by atoms with Gasteiger partial charge in [-0.15, -0.1) is 23.5 Å². The van der Waals surface area contributed by atoms with Gasteiger partial charge in [-0.1, -0.05) is 39.8 Å². The first-order chi connectivity index (χ1) is 23.3. The van der Waals surface area contributed by atoms with Crippen LogP contribution in [0.15, 0.2) is 85.0 Å². The van der Waals surface area contributed by atoms with Crippen LogP contribution in [-0.4, -0.2) is 43.9 Å². The first kappa shape index (κ1) is 34.4. The maximum atomic E-state index is 10.8. The minimum absolute atomic E-state index is 0.146. The third kappa shape index (κ3) is 7.79. The fraction of sp³-hybridized carbons (Fsp3) is 0.361. The summed E-state index contributed by atoms with van der Waals surface area (Å²) in [4.78, 5) is 6.50. The molecule has 1 unspecified atom stereocenters. The zero-order chi connectivity index (χ0) is 33.3. The predicted molar refractivity (Wildman–Crippen MR) is 204 cm³/mol. The van der Waals surface area contributed by atoms with Gasteiger partial charge in [-0.05, 0) is 110 Å². The molecule has 1 atom stereocenters. The van der Waals surface area contributed by atoms with Crippen molar-refractivity contribution in [3.63, 3.8) is 0 Å². The van der Waals surface area contributed by atoms with Gasteiger partial charge in [0.25, 0.3) is 5.01 Å². The molecule has 48 heavy (non-hydrogen) atoms. The third-order valence-electron chi connectivity index (χ3n) is 8.94. The van der Waals surface area contributed by atoms with Gasteiger partial charge in [0, 0.05) is 44.9 Å². The summed E-state index contributed by atoms with van der Waals surface area (Å²) < 4.78 is 41.1. The number of thioether (sulfide) groups is 3. The highest BCUT2D eigenvalue weighted by Gasteiger charge is 2.29. The Labute approximate surface area is 304 Å². The highest BCUT2D eigenvalue weighted by atomic mass is 32.2. The molecule has 4 aliphatic rings. The van der Waals surface area contributed by atoms with Crippen LogP contribution in [0.5, 0.6) is 0 Å². The molecule has 0 radical (unpaired) electrons. The highest BCUT2D eigenvalue weighted by Crippen LogP contribution is 2.50. The summed E-state index contributed by atoms with van der Waals surface area (Å²) in [5, 5.41) is 5.42. The van der Waals surface area contributed by atoms with Crippen molar-refractivity contribution in [2.75, 3.05) is 35.8 Å². The molecule has 6 nitrogen and oxygen atoms in total. The smallest absolute Gasteiger partial charge is 0.278 e. The van der Waals surface area contributed by atoms with E-state index in [1.165, 1.54) is 66.3 Å². The van der Waals surface area contributed by atoms with Crippen molar-refractivity contribution < 1.29 is 21.7 Å². The quantitative estimate of drug-likeness (QED) is 0.0533. The van der Waals surface area contributed by atoms with Crippen molar-refractivity contribution in [2.45, 2.75) is 60.1 Å². The predicted octanol–water partition coefficient (Wildman–Crippen LogP) is 8.84. The van der Waals surface area contributed by atoms with Gasteiger partial charge >= 0.3 is 0 Å². The summed E-state index contributed by atoms with van der Waals surface area (Å²) in [7, 11) is -4.24. The van der Waals surface area contributed by atoms with E-state index in [9.17, 15) is 13.0 Å². The van der Waals surface area contributed by atoms with Gasteiger partial charge in [0.1, 0.15) is 4.70 Å². The Balaban J connectivity index is 1.13. The van der Waals surface area contributed by atoms with Gasteiger partial charge < -0.3 is 13.6 Å². The normalized spacial score (nSPS) is 20.4. The van der Waals surface area contributed by atoms with E-state index in [1.807, 2.05) is 28.1 Å². The molecule has 0 amide bonds. The van der Waals surface area contributed by atoms with Crippen LogP contribution in [0, 0.1) is 17.2 Å².